The molecule has 0 N–H and O–H groups in total. The van der Waals surface area contributed by atoms with E-state index >= 15 is 0 Å². The van der Waals surface area contributed by atoms with Crippen LogP contribution in [0.1, 0.15) is 11.1 Å². The summed E-state index contributed by atoms with van der Waals surface area (Å²) in [5, 5.41) is 10.2. The van der Waals surface area contributed by atoms with Gasteiger partial charge in [0.1, 0.15) is 0 Å². The van der Waals surface area contributed by atoms with Gasteiger partial charge in [-0.15, -0.1) is 0 Å². The van der Waals surface area contributed by atoms with Crippen LogP contribution in [-0.2, 0) is 6.42 Å². The minimum atomic E-state index is -0.445. The maximum absolute atomic E-state index is 10.2. The zero-order valence-corrected chi connectivity index (χ0v) is 8.51. The molecule has 0 atom stereocenters. The predicted molar refractivity (Wildman–Crippen MR) is 59.4 cm³/mol. The normalized spacial score (nSPS) is 14.6. The molecule has 0 saturated carbocycles. The lowest BCUT2D eigenvalue weighted by molar-refractivity contribution is -0.400. The molecule has 0 aromatic heterocycles. The van der Waals surface area contributed by atoms with E-state index in [1.54, 1.807) is 0 Å². The van der Waals surface area contributed by atoms with Crippen LogP contribution in [0.3, 0.4) is 0 Å². The first-order chi connectivity index (χ1) is 7.16. The third-order valence-corrected chi connectivity index (χ3v) is 2.62. The topological polar surface area (TPSA) is 46.4 Å². The summed E-state index contributed by atoms with van der Waals surface area (Å²) in [6, 6.07) is 5.93. The second kappa shape index (κ2) is 3.73. The predicted octanol–water partition coefficient (Wildman–Crippen LogP) is 1.93. The summed E-state index contributed by atoms with van der Waals surface area (Å²) < 4.78 is 0. The fourth-order valence-corrected chi connectivity index (χ4v) is 1.84. The van der Waals surface area contributed by atoms with E-state index in [2.05, 4.69) is 11.9 Å². The lowest BCUT2D eigenvalue weighted by Crippen LogP contribution is -2.12. The van der Waals surface area contributed by atoms with Crippen molar-refractivity contribution in [1.82, 2.24) is 0 Å². The van der Waals surface area contributed by atoms with Crippen molar-refractivity contribution in [2.75, 3.05) is 18.5 Å². The summed E-state index contributed by atoms with van der Waals surface area (Å²) in [5.74, 6) is 0. The van der Waals surface area contributed by atoms with Crippen molar-refractivity contribution in [1.29, 1.82) is 0 Å². The first-order valence-electron chi connectivity index (χ1n) is 4.82. The molecule has 78 valence electrons. The third-order valence-electron chi connectivity index (χ3n) is 2.62. The maximum atomic E-state index is 10.2. The van der Waals surface area contributed by atoms with E-state index in [1.165, 1.54) is 17.3 Å². The molecule has 1 aromatic carbocycles. The van der Waals surface area contributed by atoms with Crippen LogP contribution in [0, 0.1) is 10.1 Å². The third kappa shape index (κ3) is 1.98. The Balaban J connectivity index is 2.27. The molecule has 4 nitrogen and oxygen atoms in total. The monoisotopic (exact) mass is 204 g/mol. The van der Waals surface area contributed by atoms with E-state index in [1.807, 2.05) is 18.2 Å². The van der Waals surface area contributed by atoms with Gasteiger partial charge in [0.05, 0.1) is 4.92 Å². The Hall–Kier alpha value is -1.84. The Morgan fingerprint density at radius 3 is 3.07 bits per heavy atom. The van der Waals surface area contributed by atoms with Gasteiger partial charge in [-0.2, -0.15) is 0 Å². The summed E-state index contributed by atoms with van der Waals surface area (Å²) >= 11 is 0. The largest absolute Gasteiger partial charge is 0.374 e. The fourth-order valence-electron chi connectivity index (χ4n) is 1.84. The van der Waals surface area contributed by atoms with E-state index in [0.29, 0.717) is 0 Å². The summed E-state index contributed by atoms with van der Waals surface area (Å²) in [6.45, 7) is 1.03. The number of fused-ring (bicyclic) bond motifs is 1. The van der Waals surface area contributed by atoms with Crippen molar-refractivity contribution >= 4 is 11.8 Å². The standard InChI is InChI=1S/C11H12N2O2/c1-12-6-5-10-8-9(2-3-11(10)12)4-7-13(14)15/h2-4,7-8H,5-6H2,1H3/b7-4+. The van der Waals surface area contributed by atoms with Crippen molar-refractivity contribution in [3.8, 4) is 0 Å². The Kier molecular flexibility index (Phi) is 2.41. The van der Waals surface area contributed by atoms with Crippen LogP contribution in [0.5, 0.6) is 0 Å². The van der Waals surface area contributed by atoms with Crippen LogP contribution in [0.15, 0.2) is 24.4 Å². The molecule has 0 amide bonds. The zero-order valence-electron chi connectivity index (χ0n) is 8.51. The molecule has 0 unspecified atom stereocenters. The average Bonchev–Trinajstić information content (AvgIpc) is 2.57. The van der Waals surface area contributed by atoms with E-state index < -0.39 is 4.92 Å². The van der Waals surface area contributed by atoms with Gasteiger partial charge in [0.25, 0.3) is 0 Å². The van der Waals surface area contributed by atoms with Crippen LogP contribution in [0.2, 0.25) is 0 Å². The van der Waals surface area contributed by atoms with Gasteiger partial charge in [-0.25, -0.2) is 0 Å². The molecule has 1 heterocycles. The van der Waals surface area contributed by atoms with Crippen LogP contribution in [0.25, 0.3) is 6.08 Å². The second-order valence-electron chi connectivity index (χ2n) is 3.66. The quantitative estimate of drug-likeness (QED) is 0.546. The molecule has 0 aliphatic carbocycles. The fraction of sp³-hybridized carbons (Fsp3) is 0.273. The van der Waals surface area contributed by atoms with Crippen LogP contribution in [0.4, 0.5) is 5.69 Å². The molecule has 0 spiro atoms. The summed E-state index contributed by atoms with van der Waals surface area (Å²) in [6.07, 6.45) is 3.52. The van der Waals surface area contributed by atoms with Crippen molar-refractivity contribution in [3.05, 3.63) is 45.6 Å². The van der Waals surface area contributed by atoms with Gasteiger partial charge in [-0.05, 0) is 29.7 Å². The molecule has 0 bridgehead atoms. The molecule has 0 radical (unpaired) electrons. The van der Waals surface area contributed by atoms with Crippen molar-refractivity contribution in [3.63, 3.8) is 0 Å². The van der Waals surface area contributed by atoms with E-state index in [-0.39, 0.29) is 0 Å². The smallest absolute Gasteiger partial charge is 0.235 e. The van der Waals surface area contributed by atoms with Gasteiger partial charge in [-0.3, -0.25) is 10.1 Å². The molecule has 2 rings (SSSR count). The SMILES string of the molecule is CN1CCc2cc(/C=C/[N+](=O)[O-])ccc21. The summed E-state index contributed by atoms with van der Waals surface area (Å²) in [5.41, 5.74) is 3.39. The molecule has 1 aliphatic rings. The molecular formula is C11H12N2O2. The molecule has 1 aliphatic heterocycles. The lowest BCUT2D eigenvalue weighted by Gasteiger charge is -2.11. The molecular weight excluding hydrogens is 192 g/mol. The molecule has 0 fully saturated rings. The van der Waals surface area contributed by atoms with E-state index in [4.69, 9.17) is 0 Å². The number of likely N-dealkylation sites (N-methyl/N-ethyl adjacent to an activating group) is 1. The lowest BCUT2D eigenvalue weighted by atomic mass is 10.1. The number of hydrogen-bond donors (Lipinski definition) is 0. The van der Waals surface area contributed by atoms with Crippen molar-refractivity contribution in [2.24, 2.45) is 0 Å². The Morgan fingerprint density at radius 2 is 2.33 bits per heavy atom. The first kappa shape index (κ1) is 9.71. The average molecular weight is 204 g/mol. The van der Waals surface area contributed by atoms with Crippen LogP contribution < -0.4 is 4.90 Å². The van der Waals surface area contributed by atoms with E-state index in [0.717, 1.165) is 24.7 Å². The van der Waals surface area contributed by atoms with Gasteiger partial charge >= 0.3 is 0 Å². The maximum Gasteiger partial charge on any atom is 0.235 e. The number of hydrogen-bond acceptors (Lipinski definition) is 3. The highest BCUT2D eigenvalue weighted by molar-refractivity contribution is 5.62. The minimum absolute atomic E-state index is 0.445. The first-order valence-corrected chi connectivity index (χ1v) is 4.82. The highest BCUT2D eigenvalue weighted by Crippen LogP contribution is 2.27. The van der Waals surface area contributed by atoms with Crippen LogP contribution in [-0.4, -0.2) is 18.5 Å². The molecule has 4 heteroatoms. The highest BCUT2D eigenvalue weighted by atomic mass is 16.6. The second-order valence-corrected chi connectivity index (χ2v) is 3.66. The van der Waals surface area contributed by atoms with E-state index in [9.17, 15) is 10.1 Å². The van der Waals surface area contributed by atoms with Crippen molar-refractivity contribution in [2.45, 2.75) is 6.42 Å². The van der Waals surface area contributed by atoms with Gasteiger partial charge in [0.15, 0.2) is 0 Å². The number of benzene rings is 1. The van der Waals surface area contributed by atoms with Gasteiger partial charge in [-0.1, -0.05) is 6.07 Å². The Morgan fingerprint density at radius 1 is 1.53 bits per heavy atom. The number of rotatable bonds is 2. The van der Waals surface area contributed by atoms with Crippen molar-refractivity contribution < 1.29 is 4.92 Å². The number of anilines is 1. The summed E-state index contributed by atoms with van der Waals surface area (Å²) in [7, 11) is 2.05. The molecule has 1 aromatic rings. The Bertz CT molecular complexity index is 427. The summed E-state index contributed by atoms with van der Waals surface area (Å²) in [4.78, 5) is 11.9. The van der Waals surface area contributed by atoms with Crippen LogP contribution >= 0.6 is 0 Å². The zero-order chi connectivity index (χ0) is 10.8. The van der Waals surface area contributed by atoms with Gasteiger partial charge in [0, 0.05) is 25.4 Å². The Labute approximate surface area is 88.0 Å². The van der Waals surface area contributed by atoms with Gasteiger partial charge < -0.3 is 4.90 Å². The molecule has 0 saturated heterocycles. The number of nitrogens with zero attached hydrogens (tertiary/aromatic N) is 2. The number of nitro groups is 1. The van der Waals surface area contributed by atoms with Gasteiger partial charge in [0.2, 0.25) is 6.20 Å². The highest BCUT2D eigenvalue weighted by Gasteiger charge is 2.14. The minimum Gasteiger partial charge on any atom is -0.374 e. The molecule has 15 heavy (non-hydrogen) atoms.